The summed E-state index contributed by atoms with van der Waals surface area (Å²) in [6.07, 6.45) is 0. The number of ether oxygens (including phenoxy) is 2. The van der Waals surface area contributed by atoms with Gasteiger partial charge in [-0.2, -0.15) is 0 Å². The lowest BCUT2D eigenvalue weighted by atomic mass is 10.1. The Morgan fingerprint density at radius 2 is 1.88 bits per heavy atom. The zero-order valence-electron chi connectivity index (χ0n) is 15.7. The summed E-state index contributed by atoms with van der Waals surface area (Å²) in [6, 6.07) is 8.27. The van der Waals surface area contributed by atoms with Crippen LogP contribution in [0.5, 0.6) is 0 Å². The van der Waals surface area contributed by atoms with E-state index >= 15 is 0 Å². The second-order valence-electron chi connectivity index (χ2n) is 7.36. The molecule has 0 spiro atoms. The maximum absolute atomic E-state index is 12.3. The molecule has 0 N–H and O–H groups in total. The number of hydrogen-bond donors (Lipinski definition) is 0. The van der Waals surface area contributed by atoms with E-state index in [4.69, 9.17) is 9.47 Å². The number of rotatable bonds is 8. The summed E-state index contributed by atoms with van der Waals surface area (Å²) in [5.74, 6) is -0.379. The standard InChI is InChI=1S/C19H27NO4Si/c1-6-24-19(22)18-12-16-11-15(14(2)21)7-8-17(16)20(18)13-23-9-10-25(3,4)5/h7-8,11-12H,6,9-10,13H2,1-5H3. The number of benzene rings is 1. The van der Waals surface area contributed by atoms with E-state index < -0.39 is 8.07 Å². The van der Waals surface area contributed by atoms with Gasteiger partial charge in [-0.15, -0.1) is 0 Å². The van der Waals surface area contributed by atoms with E-state index in [-0.39, 0.29) is 11.8 Å². The number of ketones is 1. The lowest BCUT2D eigenvalue weighted by molar-refractivity contribution is 0.0477. The Labute approximate surface area is 149 Å². The summed E-state index contributed by atoms with van der Waals surface area (Å²) in [7, 11) is -1.16. The Hall–Kier alpha value is -1.92. The first-order chi connectivity index (χ1) is 11.7. The number of Topliss-reactive ketones (excluding diaryl/α,β-unsaturated/α-hetero) is 1. The van der Waals surface area contributed by atoms with Crippen molar-refractivity contribution in [2.45, 2.75) is 46.3 Å². The van der Waals surface area contributed by atoms with Crippen LogP contribution >= 0.6 is 0 Å². The first-order valence-electron chi connectivity index (χ1n) is 8.62. The molecule has 1 heterocycles. The number of nitrogens with zero attached hydrogens (tertiary/aromatic N) is 1. The quantitative estimate of drug-likeness (QED) is 0.304. The van der Waals surface area contributed by atoms with Gasteiger partial charge in [0.15, 0.2) is 5.78 Å². The number of fused-ring (bicyclic) bond motifs is 1. The minimum atomic E-state index is -1.16. The topological polar surface area (TPSA) is 57.5 Å². The number of carbonyl (C=O) groups excluding carboxylic acids is 2. The number of aromatic nitrogens is 1. The summed E-state index contributed by atoms with van der Waals surface area (Å²) in [6.45, 7) is 11.5. The van der Waals surface area contributed by atoms with Crippen LogP contribution in [0.2, 0.25) is 25.7 Å². The third-order valence-corrected chi connectivity index (χ3v) is 5.71. The molecular weight excluding hydrogens is 334 g/mol. The first kappa shape index (κ1) is 19.4. The molecule has 136 valence electrons. The zero-order valence-corrected chi connectivity index (χ0v) is 16.7. The zero-order chi connectivity index (χ0) is 18.6. The molecule has 1 aromatic carbocycles. The van der Waals surface area contributed by atoms with Gasteiger partial charge in [0.25, 0.3) is 0 Å². The van der Waals surface area contributed by atoms with Gasteiger partial charge in [0.2, 0.25) is 0 Å². The molecule has 0 saturated carbocycles. The highest BCUT2D eigenvalue weighted by molar-refractivity contribution is 6.76. The molecule has 5 nitrogen and oxygen atoms in total. The lowest BCUT2D eigenvalue weighted by Crippen LogP contribution is -2.22. The van der Waals surface area contributed by atoms with E-state index in [1.165, 1.54) is 6.92 Å². The third kappa shape index (κ3) is 5.03. The molecule has 25 heavy (non-hydrogen) atoms. The Balaban J connectivity index is 2.31. The molecule has 0 bridgehead atoms. The largest absolute Gasteiger partial charge is 0.461 e. The number of hydrogen-bond acceptors (Lipinski definition) is 4. The van der Waals surface area contributed by atoms with Gasteiger partial charge in [-0.1, -0.05) is 19.6 Å². The van der Waals surface area contributed by atoms with Crippen molar-refractivity contribution >= 4 is 30.7 Å². The van der Waals surface area contributed by atoms with E-state index in [9.17, 15) is 9.59 Å². The first-order valence-corrected chi connectivity index (χ1v) is 12.3. The third-order valence-electron chi connectivity index (χ3n) is 4.01. The van der Waals surface area contributed by atoms with Gasteiger partial charge in [0, 0.05) is 25.6 Å². The summed E-state index contributed by atoms with van der Waals surface area (Å²) < 4.78 is 12.8. The van der Waals surface area contributed by atoms with Crippen LogP contribution in [0.4, 0.5) is 0 Å². The normalized spacial score (nSPS) is 11.7. The maximum Gasteiger partial charge on any atom is 0.355 e. The fourth-order valence-corrected chi connectivity index (χ4v) is 3.29. The van der Waals surface area contributed by atoms with Gasteiger partial charge in [-0.25, -0.2) is 4.79 Å². The Morgan fingerprint density at radius 1 is 1.16 bits per heavy atom. The fourth-order valence-electron chi connectivity index (χ4n) is 2.54. The molecule has 0 aliphatic heterocycles. The van der Waals surface area contributed by atoms with E-state index in [1.54, 1.807) is 25.1 Å². The monoisotopic (exact) mass is 361 g/mol. The summed E-state index contributed by atoms with van der Waals surface area (Å²) in [5, 5.41) is 0.838. The highest BCUT2D eigenvalue weighted by Gasteiger charge is 2.18. The molecule has 0 radical (unpaired) electrons. The maximum atomic E-state index is 12.3. The second kappa shape index (κ2) is 7.97. The van der Waals surface area contributed by atoms with Gasteiger partial charge in [-0.3, -0.25) is 4.79 Å². The SMILES string of the molecule is CCOC(=O)c1cc2cc(C(C)=O)ccc2n1COCC[Si](C)(C)C. The molecule has 2 aromatic rings. The van der Waals surface area contributed by atoms with Crippen LogP contribution in [0, 0.1) is 0 Å². The van der Waals surface area contributed by atoms with Crippen molar-refractivity contribution in [2.75, 3.05) is 13.2 Å². The van der Waals surface area contributed by atoms with Crippen LogP contribution in [0.3, 0.4) is 0 Å². The van der Waals surface area contributed by atoms with Crippen LogP contribution < -0.4 is 0 Å². The van der Waals surface area contributed by atoms with Crippen LogP contribution in [0.25, 0.3) is 10.9 Å². The molecule has 0 atom stereocenters. The predicted octanol–water partition coefficient (Wildman–Crippen LogP) is 4.33. The van der Waals surface area contributed by atoms with Crippen molar-refractivity contribution in [1.82, 2.24) is 4.57 Å². The molecule has 0 fully saturated rings. The van der Waals surface area contributed by atoms with E-state index in [0.29, 0.717) is 31.2 Å². The Morgan fingerprint density at radius 3 is 2.48 bits per heavy atom. The molecule has 0 saturated heterocycles. The van der Waals surface area contributed by atoms with Gasteiger partial charge < -0.3 is 14.0 Å². The van der Waals surface area contributed by atoms with Gasteiger partial charge in [-0.05, 0) is 44.2 Å². The number of esters is 1. The molecule has 2 rings (SSSR count). The predicted molar refractivity (Wildman–Crippen MR) is 102 cm³/mol. The van der Waals surface area contributed by atoms with Crippen molar-refractivity contribution in [1.29, 1.82) is 0 Å². The Bertz CT molecular complexity index is 774. The van der Waals surface area contributed by atoms with Gasteiger partial charge in [0.1, 0.15) is 12.4 Å². The van der Waals surface area contributed by atoms with E-state index in [0.717, 1.165) is 16.9 Å². The fraction of sp³-hybridized carbons (Fsp3) is 0.474. The van der Waals surface area contributed by atoms with E-state index in [2.05, 4.69) is 19.6 Å². The second-order valence-corrected chi connectivity index (χ2v) is 13.0. The lowest BCUT2D eigenvalue weighted by Gasteiger charge is -2.16. The molecule has 1 aromatic heterocycles. The molecule has 0 aliphatic rings. The minimum Gasteiger partial charge on any atom is -0.461 e. The molecule has 0 unspecified atom stereocenters. The summed E-state index contributed by atoms with van der Waals surface area (Å²) in [4.78, 5) is 23.9. The average Bonchev–Trinajstić information content (AvgIpc) is 2.88. The van der Waals surface area contributed by atoms with Crippen molar-refractivity contribution in [2.24, 2.45) is 0 Å². The van der Waals surface area contributed by atoms with E-state index in [1.807, 2.05) is 10.6 Å². The molecule has 0 aliphatic carbocycles. The van der Waals surface area contributed by atoms with Crippen LogP contribution in [-0.2, 0) is 16.2 Å². The van der Waals surface area contributed by atoms with Crippen molar-refractivity contribution in [3.63, 3.8) is 0 Å². The molecule has 0 amide bonds. The van der Waals surface area contributed by atoms with Crippen LogP contribution in [-0.4, -0.2) is 37.6 Å². The molecule has 6 heteroatoms. The van der Waals surface area contributed by atoms with Crippen molar-refractivity contribution < 1.29 is 19.1 Å². The average molecular weight is 362 g/mol. The highest BCUT2D eigenvalue weighted by Crippen LogP contribution is 2.23. The summed E-state index contributed by atoms with van der Waals surface area (Å²) >= 11 is 0. The van der Waals surface area contributed by atoms with Crippen LogP contribution in [0.1, 0.15) is 34.7 Å². The number of carbonyl (C=O) groups is 2. The smallest absolute Gasteiger partial charge is 0.355 e. The minimum absolute atomic E-state index is 0.00118. The van der Waals surface area contributed by atoms with Crippen molar-refractivity contribution in [3.8, 4) is 0 Å². The highest BCUT2D eigenvalue weighted by atomic mass is 28.3. The van der Waals surface area contributed by atoms with Gasteiger partial charge in [0.05, 0.1) is 12.1 Å². The van der Waals surface area contributed by atoms with Gasteiger partial charge >= 0.3 is 5.97 Å². The Kier molecular flexibility index (Phi) is 6.19. The van der Waals surface area contributed by atoms with Crippen molar-refractivity contribution in [3.05, 3.63) is 35.5 Å². The molecular formula is C19H27NO4Si. The van der Waals surface area contributed by atoms with Crippen LogP contribution in [0.15, 0.2) is 24.3 Å². The summed E-state index contributed by atoms with van der Waals surface area (Å²) in [5.41, 5.74) is 1.94.